The van der Waals surface area contributed by atoms with Gasteiger partial charge >= 0.3 is 0 Å². The third-order valence-corrected chi connectivity index (χ3v) is 2.82. The van der Waals surface area contributed by atoms with Crippen molar-refractivity contribution in [1.82, 2.24) is 5.32 Å². The maximum absolute atomic E-state index is 11.4. The van der Waals surface area contributed by atoms with Crippen molar-refractivity contribution in [1.29, 1.82) is 0 Å². The summed E-state index contributed by atoms with van der Waals surface area (Å²) in [6.07, 6.45) is 2.03. The first kappa shape index (κ1) is 13.8. The third kappa shape index (κ3) is 4.65. The van der Waals surface area contributed by atoms with Gasteiger partial charge in [-0.3, -0.25) is 4.79 Å². The molecule has 4 nitrogen and oxygen atoms in total. The van der Waals surface area contributed by atoms with Crippen molar-refractivity contribution in [3.8, 4) is 5.75 Å². The summed E-state index contributed by atoms with van der Waals surface area (Å²) in [6, 6.07) is 5.36. The van der Waals surface area contributed by atoms with E-state index < -0.39 is 0 Å². The Morgan fingerprint density at radius 3 is 2.94 bits per heavy atom. The molecule has 0 aliphatic rings. The largest absolute Gasteiger partial charge is 0.480 e. The minimum Gasteiger partial charge on any atom is -0.480 e. The van der Waals surface area contributed by atoms with Gasteiger partial charge in [0, 0.05) is 6.54 Å². The topological polar surface area (TPSA) is 64.3 Å². The first-order chi connectivity index (χ1) is 8.15. The van der Waals surface area contributed by atoms with Crippen molar-refractivity contribution in [3.05, 3.63) is 22.7 Å². The predicted octanol–water partition coefficient (Wildman–Crippen LogP) is 2.33. The number of nitrogen functional groups attached to an aromatic ring is 1. The molecule has 0 aliphatic heterocycles. The van der Waals surface area contributed by atoms with Crippen LogP contribution in [-0.2, 0) is 4.79 Å². The number of ether oxygens (including phenoxy) is 1. The molecule has 0 fully saturated rings. The van der Waals surface area contributed by atoms with E-state index in [1.807, 2.05) is 12.1 Å². The van der Waals surface area contributed by atoms with E-state index in [0.717, 1.165) is 17.3 Å². The molecule has 0 heterocycles. The van der Waals surface area contributed by atoms with E-state index in [4.69, 9.17) is 10.5 Å². The molecule has 0 aliphatic carbocycles. The van der Waals surface area contributed by atoms with Gasteiger partial charge < -0.3 is 15.8 Å². The van der Waals surface area contributed by atoms with E-state index >= 15 is 0 Å². The number of carbonyl (C=O) groups is 1. The molecule has 1 aromatic carbocycles. The van der Waals surface area contributed by atoms with Crippen LogP contribution in [0.4, 0.5) is 5.69 Å². The molecule has 94 valence electrons. The van der Waals surface area contributed by atoms with Crippen LogP contribution >= 0.6 is 15.9 Å². The highest BCUT2D eigenvalue weighted by Gasteiger charge is 2.07. The molecule has 0 unspecified atom stereocenters. The van der Waals surface area contributed by atoms with Crippen LogP contribution in [0.5, 0.6) is 5.75 Å². The average Bonchev–Trinajstić information content (AvgIpc) is 2.29. The highest BCUT2D eigenvalue weighted by molar-refractivity contribution is 9.10. The number of rotatable bonds is 6. The van der Waals surface area contributed by atoms with Crippen LogP contribution in [0.2, 0.25) is 0 Å². The summed E-state index contributed by atoms with van der Waals surface area (Å²) in [5.41, 5.74) is 6.26. The van der Waals surface area contributed by atoms with Crippen LogP contribution < -0.4 is 15.8 Å². The maximum atomic E-state index is 11.4. The van der Waals surface area contributed by atoms with Gasteiger partial charge in [-0.2, -0.15) is 0 Å². The molecule has 0 saturated heterocycles. The lowest BCUT2D eigenvalue weighted by Crippen LogP contribution is -2.29. The highest BCUT2D eigenvalue weighted by Crippen LogP contribution is 2.30. The lowest BCUT2D eigenvalue weighted by atomic mass is 10.3. The molecule has 0 bridgehead atoms. The molecule has 0 spiro atoms. The molecule has 0 radical (unpaired) electrons. The van der Waals surface area contributed by atoms with Crippen molar-refractivity contribution < 1.29 is 9.53 Å². The number of amides is 1. The number of halogens is 1. The predicted molar refractivity (Wildman–Crippen MR) is 72.0 cm³/mol. The number of benzene rings is 1. The molecule has 1 aromatic rings. The molecule has 5 heteroatoms. The molecule has 17 heavy (non-hydrogen) atoms. The highest BCUT2D eigenvalue weighted by atomic mass is 79.9. The number of anilines is 1. The summed E-state index contributed by atoms with van der Waals surface area (Å²) in [5, 5.41) is 2.77. The standard InChI is InChI=1S/C12H17BrN2O2/c1-2-3-7-15-11(16)8-17-12-9(13)5-4-6-10(12)14/h4-6H,2-3,7-8,14H2,1H3,(H,15,16). The van der Waals surface area contributed by atoms with Crippen molar-refractivity contribution in [3.63, 3.8) is 0 Å². The normalized spacial score (nSPS) is 10.0. The first-order valence-electron chi connectivity index (χ1n) is 5.58. The quantitative estimate of drug-likeness (QED) is 0.626. The summed E-state index contributed by atoms with van der Waals surface area (Å²) >= 11 is 3.32. The molecule has 1 amide bonds. The van der Waals surface area contributed by atoms with Gasteiger partial charge in [0.1, 0.15) is 0 Å². The second-order valence-corrected chi connectivity index (χ2v) is 4.50. The molecule has 0 saturated carbocycles. The summed E-state index contributed by atoms with van der Waals surface area (Å²) in [7, 11) is 0. The van der Waals surface area contributed by atoms with Crippen molar-refractivity contribution in [2.24, 2.45) is 0 Å². The molecule has 3 N–H and O–H groups in total. The number of unbranched alkanes of at least 4 members (excludes halogenated alkanes) is 1. The van der Waals surface area contributed by atoms with E-state index in [2.05, 4.69) is 28.2 Å². The second-order valence-electron chi connectivity index (χ2n) is 3.65. The van der Waals surface area contributed by atoms with E-state index in [1.165, 1.54) is 0 Å². The minimum absolute atomic E-state index is 0.0173. The van der Waals surface area contributed by atoms with Crippen LogP contribution in [-0.4, -0.2) is 19.1 Å². The van der Waals surface area contributed by atoms with Crippen molar-refractivity contribution in [2.45, 2.75) is 19.8 Å². The van der Waals surface area contributed by atoms with Crippen LogP contribution in [0.3, 0.4) is 0 Å². The molecule has 1 rings (SSSR count). The van der Waals surface area contributed by atoms with E-state index in [1.54, 1.807) is 6.07 Å². The van der Waals surface area contributed by atoms with Crippen molar-refractivity contribution in [2.75, 3.05) is 18.9 Å². The molecule has 0 atom stereocenters. The Hall–Kier alpha value is -1.23. The van der Waals surface area contributed by atoms with Crippen molar-refractivity contribution >= 4 is 27.5 Å². The summed E-state index contributed by atoms with van der Waals surface area (Å²) in [6.45, 7) is 2.74. The third-order valence-electron chi connectivity index (χ3n) is 2.20. The number of hydrogen-bond donors (Lipinski definition) is 2. The lowest BCUT2D eigenvalue weighted by molar-refractivity contribution is -0.123. The van der Waals surface area contributed by atoms with Gasteiger partial charge in [-0.15, -0.1) is 0 Å². The fourth-order valence-electron chi connectivity index (χ4n) is 1.27. The van der Waals surface area contributed by atoms with Gasteiger partial charge in [0.05, 0.1) is 10.2 Å². The van der Waals surface area contributed by atoms with E-state index in [-0.39, 0.29) is 12.5 Å². The fourth-order valence-corrected chi connectivity index (χ4v) is 1.77. The van der Waals surface area contributed by atoms with E-state index in [0.29, 0.717) is 18.0 Å². The summed E-state index contributed by atoms with van der Waals surface area (Å²) in [5.74, 6) is 0.381. The van der Waals surface area contributed by atoms with Crippen LogP contribution in [0.25, 0.3) is 0 Å². The van der Waals surface area contributed by atoms with Crippen LogP contribution in [0.15, 0.2) is 22.7 Å². The Labute approximate surface area is 110 Å². The molecular formula is C12H17BrN2O2. The fraction of sp³-hybridized carbons (Fsp3) is 0.417. The zero-order valence-electron chi connectivity index (χ0n) is 9.83. The van der Waals surface area contributed by atoms with Gasteiger partial charge in [-0.05, 0) is 34.5 Å². The first-order valence-corrected chi connectivity index (χ1v) is 6.38. The van der Waals surface area contributed by atoms with E-state index in [9.17, 15) is 4.79 Å². The Morgan fingerprint density at radius 1 is 1.53 bits per heavy atom. The average molecular weight is 301 g/mol. The molecular weight excluding hydrogens is 284 g/mol. The number of nitrogens with two attached hydrogens (primary N) is 1. The van der Waals surface area contributed by atoms with Crippen LogP contribution in [0.1, 0.15) is 19.8 Å². The number of para-hydroxylation sites is 1. The lowest BCUT2D eigenvalue weighted by Gasteiger charge is -2.10. The van der Waals surface area contributed by atoms with Gasteiger partial charge in [-0.1, -0.05) is 19.4 Å². The zero-order chi connectivity index (χ0) is 12.7. The Morgan fingerprint density at radius 2 is 2.29 bits per heavy atom. The van der Waals surface area contributed by atoms with Gasteiger partial charge in [0.15, 0.2) is 12.4 Å². The maximum Gasteiger partial charge on any atom is 0.257 e. The SMILES string of the molecule is CCCCNC(=O)COc1c(N)cccc1Br. The Balaban J connectivity index is 2.42. The van der Waals surface area contributed by atoms with Gasteiger partial charge in [0.2, 0.25) is 0 Å². The summed E-state index contributed by atoms with van der Waals surface area (Å²) in [4.78, 5) is 11.4. The minimum atomic E-state index is -0.131. The molecule has 0 aromatic heterocycles. The Bertz CT molecular complexity index is 363. The number of hydrogen-bond acceptors (Lipinski definition) is 3. The summed E-state index contributed by atoms with van der Waals surface area (Å²) < 4.78 is 6.13. The van der Waals surface area contributed by atoms with Gasteiger partial charge in [0.25, 0.3) is 5.91 Å². The smallest absolute Gasteiger partial charge is 0.257 e. The second kappa shape index (κ2) is 7.17. The Kier molecular flexibility index (Phi) is 5.83. The van der Waals surface area contributed by atoms with Crippen LogP contribution in [0, 0.1) is 0 Å². The number of nitrogens with one attached hydrogen (secondary N) is 1. The van der Waals surface area contributed by atoms with Gasteiger partial charge in [-0.25, -0.2) is 0 Å². The monoisotopic (exact) mass is 300 g/mol. The number of carbonyl (C=O) groups excluding carboxylic acids is 1. The zero-order valence-corrected chi connectivity index (χ0v) is 11.4.